The summed E-state index contributed by atoms with van der Waals surface area (Å²) in [6.07, 6.45) is 3.79. The van der Waals surface area contributed by atoms with Crippen LogP contribution in [0, 0.1) is 0 Å². The normalized spacial score (nSPS) is 18.8. The number of likely N-dealkylation sites (tertiary alicyclic amines) is 1. The van der Waals surface area contributed by atoms with Gasteiger partial charge in [0.15, 0.2) is 0 Å². The molecule has 3 aromatic rings. The maximum atomic E-state index is 13.0. The van der Waals surface area contributed by atoms with Crippen molar-refractivity contribution >= 4 is 12.4 Å². The molecule has 1 aliphatic carbocycles. The van der Waals surface area contributed by atoms with Crippen LogP contribution in [0.15, 0.2) is 78.9 Å². The van der Waals surface area contributed by atoms with Gasteiger partial charge in [0.05, 0.1) is 18.7 Å². The summed E-state index contributed by atoms with van der Waals surface area (Å²) in [6.45, 7) is 1.26. The molecule has 180 valence electrons. The summed E-state index contributed by atoms with van der Waals surface area (Å²) < 4.78 is 11.8. The van der Waals surface area contributed by atoms with Gasteiger partial charge in [0.1, 0.15) is 12.9 Å². The Labute approximate surface area is 206 Å². The molecule has 1 fully saturated rings. The van der Waals surface area contributed by atoms with Gasteiger partial charge < -0.3 is 14.3 Å². The molecule has 35 heavy (non-hydrogen) atoms. The van der Waals surface area contributed by atoms with E-state index in [-0.39, 0.29) is 18.6 Å². The molecule has 1 saturated heterocycles. The smallest absolute Gasteiger partial charge is 0.410 e. The van der Waals surface area contributed by atoms with Crippen LogP contribution >= 0.6 is 0 Å². The topological polar surface area (TPSA) is 55.8 Å². The average Bonchev–Trinajstić information content (AvgIpc) is 3.47. The van der Waals surface area contributed by atoms with E-state index < -0.39 is 12.1 Å². The van der Waals surface area contributed by atoms with E-state index in [1.165, 1.54) is 32.7 Å². The molecule has 5 heteroatoms. The fraction of sp³-hybridized carbons (Fsp3) is 0.333. The lowest BCUT2D eigenvalue weighted by molar-refractivity contribution is -0.111. The van der Waals surface area contributed by atoms with Gasteiger partial charge in [0.2, 0.25) is 0 Å². The van der Waals surface area contributed by atoms with Crippen LogP contribution in [0.3, 0.4) is 0 Å². The Morgan fingerprint density at radius 3 is 2.23 bits per heavy atom. The molecule has 2 aliphatic rings. The van der Waals surface area contributed by atoms with Gasteiger partial charge in [-0.2, -0.15) is 0 Å². The summed E-state index contributed by atoms with van der Waals surface area (Å²) in [5.41, 5.74) is 6.06. The van der Waals surface area contributed by atoms with Crippen LogP contribution in [0.2, 0.25) is 0 Å². The Hall–Kier alpha value is -3.44. The fourth-order valence-electron chi connectivity index (χ4n) is 5.29. The van der Waals surface area contributed by atoms with Crippen LogP contribution in [-0.4, -0.2) is 49.2 Å². The highest BCUT2D eigenvalue weighted by atomic mass is 16.6. The predicted octanol–water partition coefficient (Wildman–Crippen LogP) is 5.62. The van der Waals surface area contributed by atoms with Gasteiger partial charge in [-0.1, -0.05) is 78.9 Å². The van der Waals surface area contributed by atoms with Gasteiger partial charge in [0.25, 0.3) is 0 Å². The minimum Gasteiger partial charge on any atom is -0.448 e. The number of benzene rings is 3. The third-order valence-corrected chi connectivity index (χ3v) is 7.09. The number of rotatable bonds is 9. The number of fused-ring (bicyclic) bond motifs is 3. The number of aryl methyl sites for hydroxylation is 1. The molecule has 2 atom stereocenters. The predicted molar refractivity (Wildman–Crippen MR) is 135 cm³/mol. The van der Waals surface area contributed by atoms with Crippen LogP contribution in [0.5, 0.6) is 0 Å². The van der Waals surface area contributed by atoms with Crippen molar-refractivity contribution in [3.8, 4) is 11.1 Å². The molecule has 1 aliphatic heterocycles. The van der Waals surface area contributed by atoms with Gasteiger partial charge in [-0.3, -0.25) is 4.90 Å². The molecule has 0 radical (unpaired) electrons. The van der Waals surface area contributed by atoms with Crippen LogP contribution in [0.25, 0.3) is 11.1 Å². The number of hydrogen-bond donors (Lipinski definition) is 0. The van der Waals surface area contributed by atoms with Crippen LogP contribution < -0.4 is 0 Å². The molecule has 0 N–H and O–H groups in total. The van der Waals surface area contributed by atoms with Gasteiger partial charge in [-0.05, 0) is 47.1 Å². The lowest BCUT2D eigenvalue weighted by Crippen LogP contribution is -2.38. The lowest BCUT2D eigenvalue weighted by atomic mass is 9.98. The molecule has 5 rings (SSSR count). The molecule has 1 heterocycles. The second-order valence-corrected chi connectivity index (χ2v) is 9.33. The third kappa shape index (κ3) is 5.15. The molecule has 0 aromatic heterocycles. The van der Waals surface area contributed by atoms with E-state index in [1.54, 1.807) is 0 Å². The van der Waals surface area contributed by atoms with E-state index >= 15 is 0 Å². The number of unbranched alkanes of at least 4 members (excludes halogenated alkanes) is 1. The zero-order valence-corrected chi connectivity index (χ0v) is 19.8. The summed E-state index contributed by atoms with van der Waals surface area (Å²) in [5, 5.41) is 0. The highest BCUT2D eigenvalue weighted by Crippen LogP contribution is 2.44. The van der Waals surface area contributed by atoms with E-state index in [0.717, 1.165) is 25.5 Å². The second-order valence-electron chi connectivity index (χ2n) is 9.33. The quantitative estimate of drug-likeness (QED) is 0.302. The highest BCUT2D eigenvalue weighted by Gasteiger charge is 2.37. The second kappa shape index (κ2) is 10.9. The number of nitrogens with zero attached hydrogens (tertiary/aromatic N) is 1. The zero-order chi connectivity index (χ0) is 24.0. The summed E-state index contributed by atoms with van der Waals surface area (Å²) in [5.74, 6) is 0.000274. The zero-order valence-electron chi connectivity index (χ0n) is 19.8. The molecule has 0 bridgehead atoms. The largest absolute Gasteiger partial charge is 0.448 e. The van der Waals surface area contributed by atoms with E-state index in [9.17, 15) is 9.59 Å². The number of hydrogen-bond acceptors (Lipinski definition) is 4. The molecule has 5 nitrogen and oxygen atoms in total. The summed E-state index contributed by atoms with van der Waals surface area (Å²) in [7, 11) is 0. The van der Waals surface area contributed by atoms with Crippen LogP contribution in [-0.2, 0) is 20.7 Å². The number of aldehydes is 1. The number of amides is 1. The highest BCUT2D eigenvalue weighted by molar-refractivity contribution is 5.79. The minimum absolute atomic E-state index is 0.000274. The maximum absolute atomic E-state index is 13.0. The van der Waals surface area contributed by atoms with Crippen molar-refractivity contribution in [3.05, 3.63) is 95.6 Å². The third-order valence-electron chi connectivity index (χ3n) is 7.09. The first-order chi connectivity index (χ1) is 17.2. The molecular weight excluding hydrogens is 438 g/mol. The average molecular weight is 470 g/mol. The Morgan fingerprint density at radius 2 is 1.54 bits per heavy atom. The molecule has 0 unspecified atom stereocenters. The molecule has 0 saturated carbocycles. The molecule has 1 amide bonds. The SMILES string of the molecule is O=C[C@@H]1C[C@@H](OCCCCc2ccccc2)CN1C(=O)OCC1c2ccccc2-c2ccccc21. The monoisotopic (exact) mass is 469 g/mol. The summed E-state index contributed by atoms with van der Waals surface area (Å²) in [4.78, 5) is 26.2. The van der Waals surface area contributed by atoms with Crippen molar-refractivity contribution in [1.82, 2.24) is 4.90 Å². The summed E-state index contributed by atoms with van der Waals surface area (Å²) >= 11 is 0. The van der Waals surface area contributed by atoms with Gasteiger partial charge in [0, 0.05) is 18.9 Å². The minimum atomic E-state index is -0.500. The van der Waals surface area contributed by atoms with Crippen molar-refractivity contribution in [1.29, 1.82) is 0 Å². The Bertz CT molecular complexity index is 1120. The Kier molecular flexibility index (Phi) is 7.24. The summed E-state index contributed by atoms with van der Waals surface area (Å²) in [6, 6.07) is 26.4. The van der Waals surface area contributed by atoms with Crippen LogP contribution in [0.1, 0.15) is 41.9 Å². The lowest BCUT2D eigenvalue weighted by Gasteiger charge is -2.22. The Balaban J connectivity index is 1.12. The van der Waals surface area contributed by atoms with Crippen molar-refractivity contribution in [2.24, 2.45) is 0 Å². The molecular formula is C30H31NO4. The first kappa shape index (κ1) is 23.3. The van der Waals surface area contributed by atoms with E-state index in [0.29, 0.717) is 19.6 Å². The first-order valence-electron chi connectivity index (χ1n) is 12.5. The Morgan fingerprint density at radius 1 is 0.886 bits per heavy atom. The van der Waals surface area contributed by atoms with Gasteiger partial charge in [-0.15, -0.1) is 0 Å². The fourth-order valence-corrected chi connectivity index (χ4v) is 5.29. The number of ether oxygens (including phenoxy) is 2. The number of carbonyl (C=O) groups excluding carboxylic acids is 2. The van der Waals surface area contributed by atoms with Crippen molar-refractivity contribution in [2.45, 2.75) is 43.7 Å². The van der Waals surface area contributed by atoms with Crippen LogP contribution in [0.4, 0.5) is 4.79 Å². The van der Waals surface area contributed by atoms with Gasteiger partial charge in [-0.25, -0.2) is 4.79 Å². The standard InChI is InChI=1S/C30H31NO4/c32-20-23-18-24(34-17-9-8-12-22-10-2-1-3-11-22)19-31(23)30(33)35-21-29-27-15-6-4-13-25(27)26-14-5-7-16-28(26)29/h1-7,10-11,13-16,20,23-24,29H,8-9,12,17-19,21H2/t23-,24+/m0/s1. The van der Waals surface area contributed by atoms with Crippen molar-refractivity contribution in [2.75, 3.05) is 19.8 Å². The van der Waals surface area contributed by atoms with E-state index in [1.807, 2.05) is 30.3 Å². The molecule has 3 aromatic carbocycles. The van der Waals surface area contributed by atoms with Gasteiger partial charge >= 0.3 is 6.09 Å². The maximum Gasteiger partial charge on any atom is 0.410 e. The molecule has 0 spiro atoms. The van der Waals surface area contributed by atoms with Crippen molar-refractivity contribution < 1.29 is 19.1 Å². The number of carbonyl (C=O) groups is 2. The van der Waals surface area contributed by atoms with E-state index in [2.05, 4.69) is 48.5 Å². The first-order valence-corrected chi connectivity index (χ1v) is 12.5. The van der Waals surface area contributed by atoms with E-state index in [4.69, 9.17) is 9.47 Å². The van der Waals surface area contributed by atoms with Crippen molar-refractivity contribution in [3.63, 3.8) is 0 Å².